The summed E-state index contributed by atoms with van der Waals surface area (Å²) in [5.41, 5.74) is 9.38. The molecule has 2 atom stereocenters. The first-order valence-corrected chi connectivity index (χ1v) is 6.49. The number of nitrogen functional groups attached to an aromatic ring is 1. The van der Waals surface area contributed by atoms with Crippen molar-refractivity contribution >= 4 is 17.0 Å². The van der Waals surface area contributed by atoms with Gasteiger partial charge in [0.15, 0.2) is 0 Å². The highest BCUT2D eigenvalue weighted by molar-refractivity contribution is 5.79. The molecule has 4 nitrogen and oxygen atoms in total. The Morgan fingerprint density at radius 1 is 1.50 bits per heavy atom. The van der Waals surface area contributed by atoms with Crippen LogP contribution >= 0.6 is 0 Å². The van der Waals surface area contributed by atoms with E-state index in [0.717, 1.165) is 30.6 Å². The molecule has 1 aromatic carbocycles. The van der Waals surface area contributed by atoms with Gasteiger partial charge in [0.05, 0.1) is 17.1 Å². The third-order valence-corrected chi connectivity index (χ3v) is 3.88. The Hall–Kier alpha value is -1.55. The highest BCUT2D eigenvalue weighted by Crippen LogP contribution is 2.26. The molecule has 0 aliphatic carbocycles. The van der Waals surface area contributed by atoms with Gasteiger partial charge in [0, 0.05) is 19.1 Å². The van der Waals surface area contributed by atoms with Gasteiger partial charge < -0.3 is 15.0 Å². The zero-order valence-electron chi connectivity index (χ0n) is 10.9. The van der Waals surface area contributed by atoms with Crippen molar-refractivity contribution in [3.63, 3.8) is 0 Å². The molecule has 1 saturated heterocycles. The van der Waals surface area contributed by atoms with Gasteiger partial charge in [-0.1, -0.05) is 6.07 Å². The molecule has 1 fully saturated rings. The second kappa shape index (κ2) is 4.28. The van der Waals surface area contributed by atoms with Crippen LogP contribution in [0.3, 0.4) is 0 Å². The van der Waals surface area contributed by atoms with Crippen LogP contribution in [0.15, 0.2) is 18.2 Å². The Labute approximate surface area is 107 Å². The molecule has 4 heteroatoms. The molecule has 0 saturated carbocycles. The smallest absolute Gasteiger partial charge is 0.201 e. The molecular formula is C14H19N3O. The van der Waals surface area contributed by atoms with Crippen LogP contribution in [-0.4, -0.2) is 22.3 Å². The van der Waals surface area contributed by atoms with E-state index < -0.39 is 0 Å². The maximum atomic E-state index is 6.04. The number of ether oxygens (including phenoxy) is 1. The topological polar surface area (TPSA) is 53.1 Å². The molecule has 2 heterocycles. The zero-order chi connectivity index (χ0) is 12.7. The normalized spacial score (nSPS) is 23.9. The van der Waals surface area contributed by atoms with E-state index in [1.165, 1.54) is 5.56 Å². The van der Waals surface area contributed by atoms with Crippen LogP contribution in [0.1, 0.15) is 18.9 Å². The summed E-state index contributed by atoms with van der Waals surface area (Å²) in [5.74, 6) is 1.14. The van der Waals surface area contributed by atoms with Gasteiger partial charge in [-0.2, -0.15) is 0 Å². The minimum absolute atomic E-state index is 0.312. The quantitative estimate of drug-likeness (QED) is 0.883. The van der Waals surface area contributed by atoms with Crippen LogP contribution in [0, 0.1) is 12.8 Å². The number of nitrogens with zero attached hydrogens (tertiary/aromatic N) is 2. The third-order valence-electron chi connectivity index (χ3n) is 3.88. The van der Waals surface area contributed by atoms with Crippen LogP contribution in [0.2, 0.25) is 0 Å². The van der Waals surface area contributed by atoms with E-state index in [1.807, 2.05) is 6.07 Å². The molecule has 2 N–H and O–H groups in total. The fraction of sp³-hybridized carbons (Fsp3) is 0.500. The van der Waals surface area contributed by atoms with E-state index in [2.05, 4.69) is 35.5 Å². The van der Waals surface area contributed by atoms with Gasteiger partial charge in [0.25, 0.3) is 0 Å². The maximum Gasteiger partial charge on any atom is 0.201 e. The minimum atomic E-state index is 0.312. The molecule has 0 spiro atoms. The van der Waals surface area contributed by atoms with Gasteiger partial charge in [-0.15, -0.1) is 0 Å². The molecule has 2 unspecified atom stereocenters. The highest BCUT2D eigenvalue weighted by atomic mass is 16.5. The average molecular weight is 245 g/mol. The average Bonchev–Trinajstić information content (AvgIpc) is 2.86. The number of benzene rings is 1. The van der Waals surface area contributed by atoms with E-state index in [1.54, 1.807) is 0 Å². The minimum Gasteiger partial charge on any atom is -0.378 e. The van der Waals surface area contributed by atoms with E-state index in [4.69, 9.17) is 10.5 Å². The van der Waals surface area contributed by atoms with Crippen LogP contribution < -0.4 is 5.73 Å². The molecule has 1 aliphatic heterocycles. The number of hydrogen-bond acceptors (Lipinski definition) is 3. The lowest BCUT2D eigenvalue weighted by Gasteiger charge is -2.16. The molecule has 0 bridgehead atoms. The van der Waals surface area contributed by atoms with Crippen LogP contribution in [-0.2, 0) is 11.3 Å². The van der Waals surface area contributed by atoms with Crippen LogP contribution in [0.5, 0.6) is 0 Å². The van der Waals surface area contributed by atoms with Crippen molar-refractivity contribution in [3.05, 3.63) is 23.8 Å². The number of rotatable bonds is 2. The van der Waals surface area contributed by atoms with Gasteiger partial charge in [0.1, 0.15) is 0 Å². The lowest BCUT2D eigenvalue weighted by molar-refractivity contribution is 0.102. The summed E-state index contributed by atoms with van der Waals surface area (Å²) in [6.07, 6.45) is 1.41. The van der Waals surface area contributed by atoms with E-state index in [-0.39, 0.29) is 0 Å². The number of fused-ring (bicyclic) bond motifs is 1. The summed E-state index contributed by atoms with van der Waals surface area (Å²) in [4.78, 5) is 4.42. The molecule has 0 amide bonds. The Bertz CT molecular complexity index is 576. The van der Waals surface area contributed by atoms with Gasteiger partial charge in [-0.3, -0.25) is 0 Å². The van der Waals surface area contributed by atoms with Gasteiger partial charge in [0.2, 0.25) is 5.95 Å². The number of hydrogen-bond donors (Lipinski definition) is 1. The van der Waals surface area contributed by atoms with Crippen molar-refractivity contribution in [3.8, 4) is 0 Å². The van der Waals surface area contributed by atoms with Crippen LogP contribution in [0.25, 0.3) is 11.0 Å². The standard InChI is InChI=1S/C14H19N3O/c1-9-3-4-12-13(7-9)17(14(15)16-12)8-11-5-6-18-10(11)2/h3-4,7,10-11H,5-6,8H2,1-2H3,(H2,15,16). The monoisotopic (exact) mass is 245 g/mol. The first kappa shape index (κ1) is 11.5. The third kappa shape index (κ3) is 1.86. The predicted molar refractivity (Wildman–Crippen MR) is 72.4 cm³/mol. The molecule has 2 aromatic rings. The largest absolute Gasteiger partial charge is 0.378 e. The van der Waals surface area contributed by atoms with Crippen molar-refractivity contribution < 1.29 is 4.74 Å². The SMILES string of the molecule is Cc1ccc2nc(N)n(CC3CCOC3C)c2c1. The molecule has 0 radical (unpaired) electrons. The van der Waals surface area contributed by atoms with E-state index >= 15 is 0 Å². The Morgan fingerprint density at radius 2 is 2.33 bits per heavy atom. The summed E-state index contributed by atoms with van der Waals surface area (Å²) < 4.78 is 7.74. The van der Waals surface area contributed by atoms with Crippen molar-refractivity contribution in [2.45, 2.75) is 32.9 Å². The predicted octanol–water partition coefficient (Wildman–Crippen LogP) is 2.35. The summed E-state index contributed by atoms with van der Waals surface area (Å²) in [6, 6.07) is 6.26. The summed E-state index contributed by atoms with van der Waals surface area (Å²) in [7, 11) is 0. The fourth-order valence-electron chi connectivity index (χ4n) is 2.69. The molecule has 1 aromatic heterocycles. The highest BCUT2D eigenvalue weighted by Gasteiger charge is 2.25. The lowest BCUT2D eigenvalue weighted by atomic mass is 10.0. The lowest BCUT2D eigenvalue weighted by Crippen LogP contribution is -2.19. The molecule has 1 aliphatic rings. The van der Waals surface area contributed by atoms with Gasteiger partial charge in [-0.25, -0.2) is 4.98 Å². The molecular weight excluding hydrogens is 226 g/mol. The second-order valence-electron chi connectivity index (χ2n) is 5.20. The maximum absolute atomic E-state index is 6.04. The van der Waals surface area contributed by atoms with Crippen molar-refractivity contribution in [2.75, 3.05) is 12.3 Å². The Kier molecular flexibility index (Phi) is 2.74. The van der Waals surface area contributed by atoms with E-state index in [9.17, 15) is 0 Å². The summed E-state index contributed by atoms with van der Waals surface area (Å²) in [6.45, 7) is 5.98. The van der Waals surface area contributed by atoms with Gasteiger partial charge >= 0.3 is 0 Å². The number of aromatic nitrogens is 2. The fourth-order valence-corrected chi connectivity index (χ4v) is 2.69. The molecule has 3 rings (SSSR count). The molecule has 96 valence electrons. The number of imidazole rings is 1. The van der Waals surface area contributed by atoms with Crippen LogP contribution in [0.4, 0.5) is 5.95 Å². The van der Waals surface area contributed by atoms with Crippen molar-refractivity contribution in [1.82, 2.24) is 9.55 Å². The number of anilines is 1. The number of nitrogens with two attached hydrogens (primary N) is 1. The van der Waals surface area contributed by atoms with Crippen molar-refractivity contribution in [1.29, 1.82) is 0 Å². The Morgan fingerprint density at radius 3 is 3.06 bits per heavy atom. The first-order valence-electron chi connectivity index (χ1n) is 6.49. The Balaban J connectivity index is 1.99. The van der Waals surface area contributed by atoms with Crippen molar-refractivity contribution in [2.24, 2.45) is 5.92 Å². The van der Waals surface area contributed by atoms with Gasteiger partial charge in [-0.05, 0) is 38.0 Å². The zero-order valence-corrected chi connectivity index (χ0v) is 10.9. The first-order chi connectivity index (χ1) is 8.65. The van der Waals surface area contributed by atoms with E-state index in [0.29, 0.717) is 18.0 Å². The summed E-state index contributed by atoms with van der Waals surface area (Å²) >= 11 is 0. The second-order valence-corrected chi connectivity index (χ2v) is 5.20. The molecule has 18 heavy (non-hydrogen) atoms. The number of aryl methyl sites for hydroxylation is 1. The summed E-state index contributed by atoms with van der Waals surface area (Å²) in [5, 5.41) is 0.